The summed E-state index contributed by atoms with van der Waals surface area (Å²) in [5.74, 6) is 0.567. The predicted molar refractivity (Wildman–Crippen MR) is 73.3 cm³/mol. The second-order valence-corrected chi connectivity index (χ2v) is 5.95. The first-order chi connectivity index (χ1) is 8.61. The SMILES string of the molecule is CCNC(C#N)(CN1CCN(C)C(C)C1)C1CC1. The van der Waals surface area contributed by atoms with Crippen LogP contribution in [0.3, 0.4) is 0 Å². The van der Waals surface area contributed by atoms with Crippen molar-refractivity contribution in [2.24, 2.45) is 5.92 Å². The largest absolute Gasteiger partial charge is 0.301 e. The van der Waals surface area contributed by atoms with Gasteiger partial charge in [0.05, 0.1) is 6.07 Å². The van der Waals surface area contributed by atoms with Crippen molar-refractivity contribution in [1.29, 1.82) is 5.26 Å². The van der Waals surface area contributed by atoms with Crippen molar-refractivity contribution in [3.05, 3.63) is 0 Å². The van der Waals surface area contributed by atoms with E-state index in [-0.39, 0.29) is 5.54 Å². The molecule has 1 saturated carbocycles. The van der Waals surface area contributed by atoms with Crippen LogP contribution in [0, 0.1) is 17.2 Å². The Kier molecular flexibility index (Phi) is 4.26. The minimum atomic E-state index is -0.301. The Bertz CT molecular complexity index is 320. The molecule has 0 aromatic heterocycles. The van der Waals surface area contributed by atoms with Gasteiger partial charge in [-0.2, -0.15) is 5.26 Å². The smallest absolute Gasteiger partial charge is 0.122 e. The van der Waals surface area contributed by atoms with Crippen molar-refractivity contribution >= 4 is 0 Å². The summed E-state index contributed by atoms with van der Waals surface area (Å²) in [7, 11) is 2.19. The highest BCUT2D eigenvalue weighted by Gasteiger charge is 2.46. The molecule has 1 aliphatic heterocycles. The molecule has 1 heterocycles. The van der Waals surface area contributed by atoms with Crippen molar-refractivity contribution in [1.82, 2.24) is 15.1 Å². The summed E-state index contributed by atoms with van der Waals surface area (Å²) in [5, 5.41) is 13.1. The van der Waals surface area contributed by atoms with Gasteiger partial charge in [0.1, 0.15) is 5.54 Å². The van der Waals surface area contributed by atoms with Crippen LogP contribution in [0.15, 0.2) is 0 Å². The lowest BCUT2D eigenvalue weighted by Crippen LogP contribution is -2.59. The van der Waals surface area contributed by atoms with Crippen molar-refractivity contribution in [2.75, 3.05) is 39.8 Å². The fourth-order valence-electron chi connectivity index (χ4n) is 3.01. The molecule has 2 unspecified atom stereocenters. The first kappa shape index (κ1) is 13.8. The highest BCUT2D eigenvalue weighted by atomic mass is 15.3. The molecule has 2 rings (SSSR count). The van der Waals surface area contributed by atoms with Crippen molar-refractivity contribution in [3.8, 4) is 6.07 Å². The van der Waals surface area contributed by atoms with Gasteiger partial charge in [0, 0.05) is 32.2 Å². The minimum absolute atomic E-state index is 0.301. The second kappa shape index (κ2) is 5.56. The first-order valence-corrected chi connectivity index (χ1v) is 7.20. The van der Waals surface area contributed by atoms with Crippen LogP contribution in [0.2, 0.25) is 0 Å². The number of nitrogens with zero attached hydrogens (tertiary/aromatic N) is 3. The average Bonchev–Trinajstić information content (AvgIpc) is 3.17. The van der Waals surface area contributed by atoms with Crippen LogP contribution in [0.5, 0.6) is 0 Å². The third kappa shape index (κ3) is 2.85. The fourth-order valence-corrected chi connectivity index (χ4v) is 3.01. The molecule has 0 radical (unpaired) electrons. The van der Waals surface area contributed by atoms with Gasteiger partial charge in [0.15, 0.2) is 0 Å². The van der Waals surface area contributed by atoms with Crippen LogP contribution >= 0.6 is 0 Å². The van der Waals surface area contributed by atoms with Gasteiger partial charge in [-0.1, -0.05) is 6.92 Å². The van der Waals surface area contributed by atoms with Gasteiger partial charge in [0.25, 0.3) is 0 Å². The van der Waals surface area contributed by atoms with E-state index >= 15 is 0 Å². The zero-order valence-electron chi connectivity index (χ0n) is 11.9. The zero-order chi connectivity index (χ0) is 13.2. The third-order valence-electron chi connectivity index (χ3n) is 4.48. The highest BCUT2D eigenvalue weighted by molar-refractivity contribution is 5.16. The highest BCUT2D eigenvalue weighted by Crippen LogP contribution is 2.40. The number of nitriles is 1. The van der Waals surface area contributed by atoms with Crippen LogP contribution < -0.4 is 5.32 Å². The van der Waals surface area contributed by atoms with E-state index in [1.165, 1.54) is 12.8 Å². The van der Waals surface area contributed by atoms with Gasteiger partial charge in [0.2, 0.25) is 0 Å². The second-order valence-electron chi connectivity index (χ2n) is 5.95. The number of hydrogen-bond donors (Lipinski definition) is 1. The molecule has 1 aliphatic carbocycles. The van der Waals surface area contributed by atoms with E-state index in [1.54, 1.807) is 0 Å². The Balaban J connectivity index is 1.99. The van der Waals surface area contributed by atoms with E-state index in [9.17, 15) is 5.26 Å². The predicted octanol–water partition coefficient (Wildman–Crippen LogP) is 0.904. The Morgan fingerprint density at radius 1 is 1.39 bits per heavy atom. The van der Waals surface area contributed by atoms with Gasteiger partial charge in [-0.15, -0.1) is 0 Å². The summed E-state index contributed by atoms with van der Waals surface area (Å²) in [5.41, 5.74) is -0.301. The van der Waals surface area contributed by atoms with Gasteiger partial charge in [-0.25, -0.2) is 0 Å². The molecule has 1 N–H and O–H groups in total. The Morgan fingerprint density at radius 2 is 2.11 bits per heavy atom. The lowest BCUT2D eigenvalue weighted by molar-refractivity contribution is 0.0842. The van der Waals surface area contributed by atoms with Gasteiger partial charge in [-0.3, -0.25) is 10.2 Å². The molecule has 102 valence electrons. The topological polar surface area (TPSA) is 42.3 Å². The maximum atomic E-state index is 9.62. The molecule has 2 atom stereocenters. The number of piperazine rings is 1. The molecule has 4 heteroatoms. The molecule has 0 aromatic rings. The van der Waals surface area contributed by atoms with E-state index in [2.05, 4.69) is 42.1 Å². The summed E-state index contributed by atoms with van der Waals surface area (Å²) >= 11 is 0. The average molecular weight is 250 g/mol. The lowest BCUT2D eigenvalue weighted by Gasteiger charge is -2.41. The van der Waals surface area contributed by atoms with Crippen LogP contribution in [0.4, 0.5) is 0 Å². The Hall–Kier alpha value is -0.630. The Morgan fingerprint density at radius 3 is 2.61 bits per heavy atom. The first-order valence-electron chi connectivity index (χ1n) is 7.20. The molecular formula is C14H26N4. The molecule has 1 saturated heterocycles. The summed E-state index contributed by atoms with van der Waals surface area (Å²) in [4.78, 5) is 4.86. The van der Waals surface area contributed by atoms with Crippen LogP contribution in [-0.4, -0.2) is 61.2 Å². The normalized spacial score (nSPS) is 29.8. The summed E-state index contributed by atoms with van der Waals surface area (Å²) < 4.78 is 0. The van der Waals surface area contributed by atoms with Gasteiger partial charge >= 0.3 is 0 Å². The lowest BCUT2D eigenvalue weighted by atomic mass is 9.93. The third-order valence-corrected chi connectivity index (χ3v) is 4.48. The van der Waals surface area contributed by atoms with Crippen molar-refractivity contribution in [2.45, 2.75) is 38.3 Å². The van der Waals surface area contributed by atoms with E-state index in [0.717, 1.165) is 32.7 Å². The molecule has 0 amide bonds. The molecule has 0 bridgehead atoms. The van der Waals surface area contributed by atoms with Gasteiger partial charge < -0.3 is 4.90 Å². The van der Waals surface area contributed by atoms with E-state index in [4.69, 9.17) is 0 Å². The monoisotopic (exact) mass is 250 g/mol. The zero-order valence-corrected chi connectivity index (χ0v) is 11.9. The number of nitrogens with one attached hydrogen (secondary N) is 1. The molecule has 0 aromatic carbocycles. The number of hydrogen-bond acceptors (Lipinski definition) is 4. The molecule has 18 heavy (non-hydrogen) atoms. The molecule has 2 aliphatic rings. The van der Waals surface area contributed by atoms with Crippen molar-refractivity contribution < 1.29 is 0 Å². The molecule has 0 spiro atoms. The minimum Gasteiger partial charge on any atom is -0.301 e. The number of rotatable bonds is 5. The molecule has 4 nitrogen and oxygen atoms in total. The standard InChI is InChI=1S/C14H26N4/c1-4-16-14(10-15,13-5-6-13)11-18-8-7-17(3)12(2)9-18/h12-13,16H,4-9,11H2,1-3H3. The van der Waals surface area contributed by atoms with E-state index in [0.29, 0.717) is 12.0 Å². The van der Waals surface area contributed by atoms with Crippen LogP contribution in [0.1, 0.15) is 26.7 Å². The summed E-state index contributed by atoms with van der Waals surface area (Å²) in [6.45, 7) is 9.42. The maximum absolute atomic E-state index is 9.62. The van der Waals surface area contributed by atoms with Gasteiger partial charge in [-0.05, 0) is 39.3 Å². The maximum Gasteiger partial charge on any atom is 0.122 e. The number of likely N-dealkylation sites (N-methyl/N-ethyl adjacent to an activating group) is 2. The summed E-state index contributed by atoms with van der Waals surface area (Å²) in [6.07, 6.45) is 2.42. The molecular weight excluding hydrogens is 224 g/mol. The van der Waals surface area contributed by atoms with Crippen LogP contribution in [0.25, 0.3) is 0 Å². The summed E-state index contributed by atoms with van der Waals surface area (Å²) in [6, 6.07) is 3.18. The van der Waals surface area contributed by atoms with E-state index < -0.39 is 0 Å². The van der Waals surface area contributed by atoms with Crippen LogP contribution in [-0.2, 0) is 0 Å². The van der Waals surface area contributed by atoms with E-state index in [1.807, 2.05) is 0 Å². The van der Waals surface area contributed by atoms with Crippen molar-refractivity contribution in [3.63, 3.8) is 0 Å². The quantitative estimate of drug-likeness (QED) is 0.787. The fraction of sp³-hybridized carbons (Fsp3) is 0.929. The molecule has 2 fully saturated rings. The Labute approximate surface area is 111 Å².